The van der Waals surface area contributed by atoms with Gasteiger partial charge >= 0.3 is 0 Å². The van der Waals surface area contributed by atoms with Crippen LogP contribution in [0.4, 0.5) is 0 Å². The molecule has 1 N–H and O–H groups in total. The minimum absolute atomic E-state index is 0.327. The lowest BCUT2D eigenvalue weighted by Gasteiger charge is -2.32. The van der Waals surface area contributed by atoms with Crippen LogP contribution in [0.1, 0.15) is 40.5 Å². The smallest absolute Gasteiger partial charge is 0.164 e. The number of fused-ring (bicyclic) bond motifs is 1. The van der Waals surface area contributed by atoms with Gasteiger partial charge in [-0.25, -0.2) is 0 Å². The molecule has 4 nitrogen and oxygen atoms in total. The molecule has 1 saturated heterocycles. The van der Waals surface area contributed by atoms with Crippen molar-refractivity contribution < 1.29 is 19.3 Å². The molecule has 0 amide bonds. The fourth-order valence-corrected chi connectivity index (χ4v) is 2.98. The molecular formula is C20H28O4. The van der Waals surface area contributed by atoms with E-state index in [-0.39, 0.29) is 12.2 Å². The van der Waals surface area contributed by atoms with Crippen LogP contribution in [0.3, 0.4) is 0 Å². The quantitative estimate of drug-likeness (QED) is 0.635. The van der Waals surface area contributed by atoms with Crippen LogP contribution in [0.2, 0.25) is 0 Å². The summed E-state index contributed by atoms with van der Waals surface area (Å²) in [7, 11) is 1.56. The summed E-state index contributed by atoms with van der Waals surface area (Å²) in [4.78, 5) is 0. The summed E-state index contributed by atoms with van der Waals surface area (Å²) in [6.07, 6.45) is 3.72. The highest BCUT2D eigenvalue weighted by Crippen LogP contribution is 2.38. The zero-order valence-electron chi connectivity index (χ0n) is 15.3. The maximum atomic E-state index is 10.3. The maximum Gasteiger partial charge on any atom is 0.164 e. The van der Waals surface area contributed by atoms with Gasteiger partial charge in [-0.2, -0.15) is 0 Å². The summed E-state index contributed by atoms with van der Waals surface area (Å²) in [6.45, 7) is 11.9. The Kier molecular flexibility index (Phi) is 6.06. The van der Waals surface area contributed by atoms with E-state index < -0.39 is 18.0 Å². The predicted molar refractivity (Wildman–Crippen MR) is 94.3 cm³/mol. The standard InChI is InChI=1S/C20H28O4/c1-13(2)8-7-9-14(3)10-11-15-12-16(21)18(22-6)19-17(15)23-20(4,5)24-19/h8,12,16-19,21H,3,7,9H2,1-2,4-6H3/t16-,17-,18-,19-/m1/s1. The Bertz CT molecular complexity index is 599. The molecule has 0 unspecified atom stereocenters. The molecule has 1 fully saturated rings. The van der Waals surface area contributed by atoms with Crippen molar-refractivity contribution in [3.05, 3.63) is 35.5 Å². The number of rotatable bonds is 4. The van der Waals surface area contributed by atoms with Gasteiger partial charge in [-0.3, -0.25) is 0 Å². The summed E-state index contributed by atoms with van der Waals surface area (Å²) in [5.74, 6) is 5.48. The van der Waals surface area contributed by atoms with Crippen LogP contribution in [0, 0.1) is 11.8 Å². The summed E-state index contributed by atoms with van der Waals surface area (Å²) < 4.78 is 17.3. The zero-order valence-corrected chi connectivity index (χ0v) is 15.3. The van der Waals surface area contributed by atoms with Crippen LogP contribution in [0.5, 0.6) is 0 Å². The van der Waals surface area contributed by atoms with Crippen molar-refractivity contribution in [2.45, 2.75) is 70.7 Å². The number of hydrogen-bond donors (Lipinski definition) is 1. The number of allylic oxidation sites excluding steroid dienone is 3. The third-order valence-corrected chi connectivity index (χ3v) is 4.10. The lowest BCUT2D eigenvalue weighted by atomic mass is 9.89. The zero-order chi connectivity index (χ0) is 17.9. The second-order valence-corrected chi connectivity index (χ2v) is 7.01. The van der Waals surface area contributed by atoms with Gasteiger partial charge in [0.25, 0.3) is 0 Å². The predicted octanol–water partition coefficient (Wildman–Crippen LogP) is 3.13. The van der Waals surface area contributed by atoms with E-state index in [4.69, 9.17) is 14.2 Å². The normalized spacial score (nSPS) is 30.7. The van der Waals surface area contributed by atoms with Gasteiger partial charge in [0.15, 0.2) is 5.79 Å². The third kappa shape index (κ3) is 4.58. The molecule has 1 aliphatic heterocycles. The van der Waals surface area contributed by atoms with Gasteiger partial charge in [0.1, 0.15) is 24.4 Å². The topological polar surface area (TPSA) is 47.9 Å². The highest BCUT2D eigenvalue weighted by Gasteiger charge is 2.51. The SMILES string of the molecule is C=C(C#CC1=C[C@@H](O)[C@@H](OC)[C@@H]2OC(C)(C)O[C@H]12)CCC=C(C)C. The van der Waals surface area contributed by atoms with Crippen LogP contribution >= 0.6 is 0 Å². The number of hydrogen-bond acceptors (Lipinski definition) is 4. The van der Waals surface area contributed by atoms with E-state index in [2.05, 4.69) is 38.3 Å². The monoisotopic (exact) mass is 332 g/mol. The van der Waals surface area contributed by atoms with Gasteiger partial charge in [-0.1, -0.05) is 30.1 Å². The Labute approximate surface area is 145 Å². The molecule has 24 heavy (non-hydrogen) atoms. The van der Waals surface area contributed by atoms with Crippen LogP contribution in [-0.2, 0) is 14.2 Å². The molecule has 4 heteroatoms. The highest BCUT2D eigenvalue weighted by atomic mass is 16.8. The van der Waals surface area contributed by atoms with Crippen molar-refractivity contribution in [1.29, 1.82) is 0 Å². The average Bonchev–Trinajstić information content (AvgIpc) is 2.79. The van der Waals surface area contributed by atoms with E-state index in [1.807, 2.05) is 13.8 Å². The molecule has 4 atom stereocenters. The van der Waals surface area contributed by atoms with E-state index in [9.17, 15) is 5.11 Å². The Morgan fingerprint density at radius 2 is 2.12 bits per heavy atom. The van der Waals surface area contributed by atoms with E-state index in [0.29, 0.717) is 0 Å². The summed E-state index contributed by atoms with van der Waals surface area (Å²) in [5.41, 5.74) is 2.89. The Morgan fingerprint density at radius 1 is 1.42 bits per heavy atom. The van der Waals surface area contributed by atoms with Crippen LogP contribution < -0.4 is 0 Å². The fourth-order valence-electron chi connectivity index (χ4n) is 2.98. The summed E-state index contributed by atoms with van der Waals surface area (Å²) >= 11 is 0. The minimum atomic E-state index is -0.767. The molecule has 0 radical (unpaired) electrons. The van der Waals surface area contributed by atoms with Gasteiger partial charge in [-0.05, 0) is 52.2 Å². The van der Waals surface area contributed by atoms with Crippen molar-refractivity contribution >= 4 is 0 Å². The number of aliphatic hydroxyl groups is 1. The van der Waals surface area contributed by atoms with Crippen molar-refractivity contribution in [2.75, 3.05) is 7.11 Å². The second-order valence-electron chi connectivity index (χ2n) is 7.01. The van der Waals surface area contributed by atoms with Crippen molar-refractivity contribution in [2.24, 2.45) is 0 Å². The van der Waals surface area contributed by atoms with E-state index in [1.165, 1.54) is 5.57 Å². The lowest BCUT2D eigenvalue weighted by molar-refractivity contribution is -0.161. The average molecular weight is 332 g/mol. The molecule has 1 aliphatic carbocycles. The minimum Gasteiger partial charge on any atom is -0.386 e. The Hall–Kier alpha value is -1.38. The van der Waals surface area contributed by atoms with Crippen LogP contribution in [0.25, 0.3) is 0 Å². The molecule has 0 aromatic heterocycles. The number of methoxy groups -OCH3 is 1. The molecule has 1 heterocycles. The Morgan fingerprint density at radius 3 is 2.75 bits per heavy atom. The molecule has 0 aromatic carbocycles. The number of aliphatic hydroxyl groups excluding tert-OH is 1. The van der Waals surface area contributed by atoms with E-state index in [0.717, 1.165) is 24.0 Å². The molecule has 0 spiro atoms. The molecular weight excluding hydrogens is 304 g/mol. The third-order valence-electron chi connectivity index (χ3n) is 4.10. The molecule has 0 bridgehead atoms. The van der Waals surface area contributed by atoms with Crippen molar-refractivity contribution in [1.82, 2.24) is 0 Å². The van der Waals surface area contributed by atoms with Gasteiger partial charge in [0.2, 0.25) is 0 Å². The maximum absolute atomic E-state index is 10.3. The summed E-state index contributed by atoms with van der Waals surface area (Å²) in [6, 6.07) is 0. The first kappa shape index (κ1) is 19.0. The molecule has 0 aromatic rings. The summed E-state index contributed by atoms with van der Waals surface area (Å²) in [5, 5.41) is 10.3. The highest BCUT2D eigenvalue weighted by molar-refractivity contribution is 5.42. The Balaban J connectivity index is 2.13. The fraction of sp³-hybridized carbons (Fsp3) is 0.600. The van der Waals surface area contributed by atoms with Crippen molar-refractivity contribution in [3.8, 4) is 11.8 Å². The first-order valence-corrected chi connectivity index (χ1v) is 8.35. The molecule has 0 saturated carbocycles. The van der Waals surface area contributed by atoms with E-state index >= 15 is 0 Å². The van der Waals surface area contributed by atoms with Crippen LogP contribution in [-0.4, -0.2) is 42.4 Å². The van der Waals surface area contributed by atoms with Gasteiger partial charge < -0.3 is 19.3 Å². The molecule has 132 valence electrons. The first-order chi connectivity index (χ1) is 11.2. The second kappa shape index (κ2) is 7.67. The van der Waals surface area contributed by atoms with Gasteiger partial charge in [0.05, 0.1) is 0 Å². The van der Waals surface area contributed by atoms with Crippen LogP contribution in [0.15, 0.2) is 35.5 Å². The largest absolute Gasteiger partial charge is 0.386 e. The first-order valence-electron chi connectivity index (χ1n) is 8.35. The van der Waals surface area contributed by atoms with E-state index in [1.54, 1.807) is 13.2 Å². The molecule has 2 aliphatic rings. The van der Waals surface area contributed by atoms with Gasteiger partial charge in [-0.15, -0.1) is 0 Å². The van der Waals surface area contributed by atoms with Gasteiger partial charge in [0, 0.05) is 12.7 Å². The van der Waals surface area contributed by atoms with Crippen molar-refractivity contribution in [3.63, 3.8) is 0 Å². The molecule has 2 rings (SSSR count). The number of ether oxygens (including phenoxy) is 3. The lowest BCUT2D eigenvalue weighted by Crippen LogP contribution is -2.47.